The molecule has 0 aliphatic heterocycles. The van der Waals surface area contributed by atoms with E-state index in [-0.39, 0.29) is 5.54 Å². The second-order valence-electron chi connectivity index (χ2n) is 6.67. The summed E-state index contributed by atoms with van der Waals surface area (Å²) in [5.41, 5.74) is 4.47. The molecule has 2 N–H and O–H groups in total. The van der Waals surface area contributed by atoms with Crippen LogP contribution in [0.15, 0.2) is 42.5 Å². The zero-order chi connectivity index (χ0) is 17.2. The predicted octanol–water partition coefficient (Wildman–Crippen LogP) is 5.71. The minimum atomic E-state index is -0.166. The lowest BCUT2D eigenvalue weighted by Gasteiger charge is -2.33. The molecule has 4 heteroatoms. The van der Waals surface area contributed by atoms with Crippen molar-refractivity contribution < 1.29 is 0 Å². The number of benzene rings is 2. The molecule has 1 aliphatic rings. The van der Waals surface area contributed by atoms with E-state index in [0.717, 1.165) is 29.1 Å². The topological polar surface area (TPSA) is 24.1 Å². The van der Waals surface area contributed by atoms with Crippen LogP contribution in [0, 0.1) is 13.8 Å². The van der Waals surface area contributed by atoms with Crippen LogP contribution in [0.5, 0.6) is 0 Å². The van der Waals surface area contributed by atoms with Crippen LogP contribution >= 0.6 is 23.8 Å². The van der Waals surface area contributed by atoms with Crippen molar-refractivity contribution in [2.45, 2.75) is 45.1 Å². The molecular weight excluding hydrogens is 336 g/mol. The first-order valence-corrected chi connectivity index (χ1v) is 9.20. The Morgan fingerprint density at radius 3 is 2.46 bits per heavy atom. The first-order valence-electron chi connectivity index (χ1n) is 8.42. The SMILES string of the molecule is Cc1ccc(NC(=S)NC2(c3ccccc3Cl)CCCC2)c(C)c1. The zero-order valence-corrected chi connectivity index (χ0v) is 15.7. The minimum absolute atomic E-state index is 0.166. The molecule has 2 nitrogen and oxygen atoms in total. The maximum absolute atomic E-state index is 6.48. The van der Waals surface area contributed by atoms with Gasteiger partial charge in [-0.05, 0) is 62.2 Å². The van der Waals surface area contributed by atoms with Crippen LogP contribution in [-0.2, 0) is 5.54 Å². The van der Waals surface area contributed by atoms with Crippen molar-refractivity contribution in [2.75, 3.05) is 5.32 Å². The lowest BCUT2D eigenvalue weighted by Crippen LogP contribution is -2.46. The number of hydrogen-bond acceptors (Lipinski definition) is 1. The van der Waals surface area contributed by atoms with E-state index in [4.69, 9.17) is 23.8 Å². The summed E-state index contributed by atoms with van der Waals surface area (Å²) in [7, 11) is 0. The van der Waals surface area contributed by atoms with Crippen LogP contribution in [0.25, 0.3) is 0 Å². The van der Waals surface area contributed by atoms with E-state index in [1.165, 1.54) is 24.0 Å². The van der Waals surface area contributed by atoms with Crippen molar-refractivity contribution >= 4 is 34.6 Å². The molecule has 0 spiro atoms. The maximum atomic E-state index is 6.48. The van der Waals surface area contributed by atoms with Crippen molar-refractivity contribution in [1.82, 2.24) is 5.32 Å². The molecule has 1 fully saturated rings. The second-order valence-corrected chi connectivity index (χ2v) is 7.48. The first-order chi connectivity index (χ1) is 11.5. The van der Waals surface area contributed by atoms with Crippen LogP contribution in [0.2, 0.25) is 5.02 Å². The van der Waals surface area contributed by atoms with Gasteiger partial charge in [-0.3, -0.25) is 0 Å². The second kappa shape index (κ2) is 7.12. The molecule has 0 atom stereocenters. The van der Waals surface area contributed by atoms with E-state index in [0.29, 0.717) is 5.11 Å². The first kappa shape index (κ1) is 17.2. The Kier molecular flexibility index (Phi) is 5.12. The number of halogens is 1. The van der Waals surface area contributed by atoms with Gasteiger partial charge in [0, 0.05) is 10.7 Å². The summed E-state index contributed by atoms with van der Waals surface area (Å²) >= 11 is 12.1. The van der Waals surface area contributed by atoms with E-state index >= 15 is 0 Å². The Bertz CT molecular complexity index is 751. The normalized spacial score (nSPS) is 16.0. The van der Waals surface area contributed by atoms with Crippen LogP contribution in [0.1, 0.15) is 42.4 Å². The highest BCUT2D eigenvalue weighted by atomic mass is 35.5. The minimum Gasteiger partial charge on any atom is -0.353 e. The average Bonchev–Trinajstić information content (AvgIpc) is 3.00. The molecule has 2 aromatic rings. The highest BCUT2D eigenvalue weighted by molar-refractivity contribution is 7.80. The monoisotopic (exact) mass is 358 g/mol. The zero-order valence-electron chi connectivity index (χ0n) is 14.2. The molecule has 0 aromatic heterocycles. The van der Waals surface area contributed by atoms with Crippen LogP contribution in [0.3, 0.4) is 0 Å². The van der Waals surface area contributed by atoms with Crippen LogP contribution in [-0.4, -0.2) is 5.11 Å². The van der Waals surface area contributed by atoms with Gasteiger partial charge in [-0.25, -0.2) is 0 Å². The number of rotatable bonds is 3. The summed E-state index contributed by atoms with van der Waals surface area (Å²) in [5.74, 6) is 0. The number of aryl methyl sites for hydroxylation is 2. The fourth-order valence-electron chi connectivity index (χ4n) is 3.61. The van der Waals surface area contributed by atoms with Crippen molar-refractivity contribution in [3.63, 3.8) is 0 Å². The summed E-state index contributed by atoms with van der Waals surface area (Å²) in [4.78, 5) is 0. The molecule has 0 heterocycles. The van der Waals surface area contributed by atoms with Gasteiger partial charge < -0.3 is 10.6 Å². The average molecular weight is 359 g/mol. The lowest BCUT2D eigenvalue weighted by molar-refractivity contribution is 0.408. The number of hydrogen-bond donors (Lipinski definition) is 2. The fraction of sp³-hybridized carbons (Fsp3) is 0.350. The Labute approximate surface area is 154 Å². The van der Waals surface area contributed by atoms with Gasteiger partial charge in [0.2, 0.25) is 0 Å². The smallest absolute Gasteiger partial charge is 0.171 e. The summed E-state index contributed by atoms with van der Waals surface area (Å²) in [5, 5.41) is 8.39. The van der Waals surface area contributed by atoms with Gasteiger partial charge in [0.05, 0.1) is 5.54 Å². The number of nitrogens with one attached hydrogen (secondary N) is 2. The molecule has 3 rings (SSSR count). The van der Waals surface area contributed by atoms with Gasteiger partial charge in [-0.15, -0.1) is 0 Å². The molecule has 126 valence electrons. The van der Waals surface area contributed by atoms with E-state index < -0.39 is 0 Å². The predicted molar refractivity (Wildman–Crippen MR) is 107 cm³/mol. The summed E-state index contributed by atoms with van der Waals surface area (Å²) in [6.07, 6.45) is 4.46. The van der Waals surface area contributed by atoms with Gasteiger partial charge >= 0.3 is 0 Å². The molecule has 0 saturated heterocycles. The molecule has 24 heavy (non-hydrogen) atoms. The number of thiocarbonyl (C=S) groups is 1. The molecular formula is C20H23ClN2S. The Hall–Kier alpha value is -1.58. The van der Waals surface area contributed by atoms with Gasteiger partial charge in [-0.1, -0.05) is 60.3 Å². The highest BCUT2D eigenvalue weighted by Crippen LogP contribution is 2.41. The standard InChI is InChI=1S/C20H23ClN2S/c1-14-9-10-18(15(2)13-14)22-19(24)23-20(11-5-6-12-20)16-7-3-4-8-17(16)21/h3-4,7-10,13H,5-6,11-12H2,1-2H3,(H2,22,23,24). The van der Waals surface area contributed by atoms with Gasteiger partial charge in [0.25, 0.3) is 0 Å². The van der Waals surface area contributed by atoms with Crippen molar-refractivity contribution in [1.29, 1.82) is 0 Å². The van der Waals surface area contributed by atoms with Crippen LogP contribution < -0.4 is 10.6 Å². The Balaban J connectivity index is 1.81. The van der Waals surface area contributed by atoms with Gasteiger partial charge in [-0.2, -0.15) is 0 Å². The molecule has 0 amide bonds. The summed E-state index contributed by atoms with van der Waals surface area (Å²) < 4.78 is 0. The largest absolute Gasteiger partial charge is 0.353 e. The summed E-state index contributed by atoms with van der Waals surface area (Å²) in [6.45, 7) is 4.19. The van der Waals surface area contributed by atoms with Crippen LogP contribution in [0.4, 0.5) is 5.69 Å². The molecule has 1 aliphatic carbocycles. The highest BCUT2D eigenvalue weighted by Gasteiger charge is 2.37. The van der Waals surface area contributed by atoms with E-state index in [1.54, 1.807) is 0 Å². The van der Waals surface area contributed by atoms with Gasteiger partial charge in [0.15, 0.2) is 5.11 Å². The number of anilines is 1. The van der Waals surface area contributed by atoms with E-state index in [1.807, 2.05) is 18.2 Å². The van der Waals surface area contributed by atoms with E-state index in [2.05, 4.69) is 48.7 Å². The Morgan fingerprint density at radius 2 is 1.79 bits per heavy atom. The van der Waals surface area contributed by atoms with Crippen molar-refractivity contribution in [2.24, 2.45) is 0 Å². The van der Waals surface area contributed by atoms with E-state index in [9.17, 15) is 0 Å². The summed E-state index contributed by atoms with van der Waals surface area (Å²) in [6, 6.07) is 14.4. The maximum Gasteiger partial charge on any atom is 0.171 e. The quantitative estimate of drug-likeness (QED) is 0.687. The third-order valence-corrected chi connectivity index (χ3v) is 5.36. The van der Waals surface area contributed by atoms with Crippen molar-refractivity contribution in [3.05, 3.63) is 64.2 Å². The molecule has 2 aromatic carbocycles. The molecule has 0 radical (unpaired) electrons. The molecule has 1 saturated carbocycles. The van der Waals surface area contributed by atoms with Gasteiger partial charge in [0.1, 0.15) is 0 Å². The third kappa shape index (κ3) is 3.57. The molecule has 0 unspecified atom stereocenters. The third-order valence-electron chi connectivity index (χ3n) is 4.83. The Morgan fingerprint density at radius 1 is 1.08 bits per heavy atom. The molecule has 0 bridgehead atoms. The lowest BCUT2D eigenvalue weighted by atomic mass is 9.88. The van der Waals surface area contributed by atoms with Crippen molar-refractivity contribution in [3.8, 4) is 0 Å². The fourth-order valence-corrected chi connectivity index (χ4v) is 4.24.